The zero-order chi connectivity index (χ0) is 24.6. The van der Waals surface area contributed by atoms with E-state index in [1.54, 1.807) is 20.3 Å². The van der Waals surface area contributed by atoms with E-state index in [0.29, 0.717) is 35.7 Å². The highest BCUT2D eigenvalue weighted by Crippen LogP contribution is 2.56. The van der Waals surface area contributed by atoms with E-state index in [-0.39, 0.29) is 18.5 Å². The van der Waals surface area contributed by atoms with Crippen LogP contribution in [0.25, 0.3) is 11.1 Å². The van der Waals surface area contributed by atoms with Crippen molar-refractivity contribution in [2.24, 2.45) is 11.3 Å². The van der Waals surface area contributed by atoms with Crippen molar-refractivity contribution >= 4 is 11.9 Å². The van der Waals surface area contributed by atoms with Gasteiger partial charge in [0.1, 0.15) is 18.1 Å². The average Bonchev–Trinajstić information content (AvgIpc) is 3.65. The minimum Gasteiger partial charge on any atom is -0.493 e. The van der Waals surface area contributed by atoms with Crippen molar-refractivity contribution in [2.75, 3.05) is 14.2 Å². The summed E-state index contributed by atoms with van der Waals surface area (Å²) in [5.41, 5.74) is 2.12. The highest BCUT2D eigenvalue weighted by Gasteiger charge is 2.60. The Morgan fingerprint density at radius 1 is 1.00 bits per heavy atom. The maximum Gasteiger partial charge on any atom is 0.338 e. The summed E-state index contributed by atoms with van der Waals surface area (Å²) in [6.07, 6.45) is 7.20. The molecule has 1 aliphatic heterocycles. The summed E-state index contributed by atoms with van der Waals surface area (Å²) >= 11 is 0. The Hall–Kier alpha value is -3.22. The molecule has 0 bridgehead atoms. The molecule has 1 atom stereocenters. The maximum atomic E-state index is 12.5. The van der Waals surface area contributed by atoms with Crippen LogP contribution in [0.15, 0.2) is 30.3 Å². The number of carbonyl (C=O) groups excluding carboxylic acids is 1. The summed E-state index contributed by atoms with van der Waals surface area (Å²) in [7, 11) is 3.14. The summed E-state index contributed by atoms with van der Waals surface area (Å²) < 4.78 is 23.3. The standard InChI is InChI=1S/C28H32O7/c1-32-22-12-11-20(18-9-10-21-19(15-18)16-34-26(21)29)23(24(22)33-2)35-25(28(13-14-28)27(30)31)17-7-5-3-4-6-8-17/h9-12,15,17,25H,3-8,13-14,16H2,1-2H3,(H,30,31). The predicted octanol–water partition coefficient (Wildman–Crippen LogP) is 5.62. The van der Waals surface area contributed by atoms with E-state index in [2.05, 4.69) is 0 Å². The van der Waals surface area contributed by atoms with E-state index in [1.165, 1.54) is 12.8 Å². The normalized spacial score (nSPS) is 19.8. The summed E-state index contributed by atoms with van der Waals surface area (Å²) in [6, 6.07) is 9.29. The van der Waals surface area contributed by atoms with Crippen molar-refractivity contribution in [3.8, 4) is 28.4 Å². The number of hydrogen-bond donors (Lipinski definition) is 1. The Kier molecular flexibility index (Phi) is 6.34. The fourth-order valence-electron chi connectivity index (χ4n) is 5.70. The summed E-state index contributed by atoms with van der Waals surface area (Å²) in [6.45, 7) is 0.234. The molecule has 5 rings (SSSR count). The Balaban J connectivity index is 1.61. The van der Waals surface area contributed by atoms with Crippen molar-refractivity contribution in [3.05, 3.63) is 41.5 Å². The van der Waals surface area contributed by atoms with Gasteiger partial charge in [-0.05, 0) is 61.4 Å². The molecule has 0 saturated heterocycles. The second-order valence-electron chi connectivity index (χ2n) is 9.88. The summed E-state index contributed by atoms with van der Waals surface area (Å²) in [5.74, 6) is 0.498. The van der Waals surface area contributed by atoms with E-state index in [4.69, 9.17) is 18.9 Å². The third-order valence-electron chi connectivity index (χ3n) is 7.83. The number of hydrogen-bond acceptors (Lipinski definition) is 6. The van der Waals surface area contributed by atoms with Crippen LogP contribution < -0.4 is 14.2 Å². The van der Waals surface area contributed by atoms with Crippen molar-refractivity contribution < 1.29 is 33.6 Å². The van der Waals surface area contributed by atoms with E-state index in [1.807, 2.05) is 24.3 Å². The molecule has 0 spiro atoms. The molecule has 2 fully saturated rings. The number of methoxy groups -OCH3 is 2. The van der Waals surface area contributed by atoms with Gasteiger partial charge in [0.15, 0.2) is 11.5 Å². The first-order valence-electron chi connectivity index (χ1n) is 12.4. The second-order valence-corrected chi connectivity index (χ2v) is 9.88. The highest BCUT2D eigenvalue weighted by atomic mass is 16.5. The second kappa shape index (κ2) is 9.44. The number of fused-ring (bicyclic) bond motifs is 1. The first-order valence-corrected chi connectivity index (χ1v) is 12.4. The van der Waals surface area contributed by atoms with Crippen LogP contribution in [0.4, 0.5) is 0 Å². The number of cyclic esters (lactones) is 1. The number of carboxylic acids is 1. The lowest BCUT2D eigenvalue weighted by atomic mass is 9.83. The van der Waals surface area contributed by atoms with Gasteiger partial charge in [0.25, 0.3) is 0 Å². The van der Waals surface area contributed by atoms with Crippen molar-refractivity contribution in [2.45, 2.75) is 64.1 Å². The van der Waals surface area contributed by atoms with Gasteiger partial charge in [0, 0.05) is 11.1 Å². The summed E-state index contributed by atoms with van der Waals surface area (Å²) in [4.78, 5) is 24.4. The van der Waals surface area contributed by atoms with Crippen molar-refractivity contribution in [1.82, 2.24) is 0 Å². The quantitative estimate of drug-likeness (QED) is 0.387. The van der Waals surface area contributed by atoms with Gasteiger partial charge in [-0.2, -0.15) is 0 Å². The zero-order valence-corrected chi connectivity index (χ0v) is 20.3. The van der Waals surface area contributed by atoms with E-state index in [9.17, 15) is 14.7 Å². The molecule has 3 aliphatic rings. The van der Waals surface area contributed by atoms with Gasteiger partial charge in [0.05, 0.1) is 19.8 Å². The molecule has 7 nitrogen and oxygen atoms in total. The van der Waals surface area contributed by atoms with Gasteiger partial charge < -0.3 is 24.1 Å². The number of ether oxygens (including phenoxy) is 4. The molecule has 0 aromatic heterocycles. The van der Waals surface area contributed by atoms with Gasteiger partial charge in [-0.15, -0.1) is 0 Å². The molecular formula is C28H32O7. The largest absolute Gasteiger partial charge is 0.493 e. The number of esters is 1. The molecule has 2 aromatic rings. The van der Waals surface area contributed by atoms with Gasteiger partial charge in [-0.1, -0.05) is 31.7 Å². The highest BCUT2D eigenvalue weighted by molar-refractivity contribution is 5.94. The van der Waals surface area contributed by atoms with Gasteiger partial charge in [0.2, 0.25) is 5.75 Å². The van der Waals surface area contributed by atoms with Crippen LogP contribution in [0, 0.1) is 11.3 Å². The maximum absolute atomic E-state index is 12.5. The van der Waals surface area contributed by atoms with Crippen LogP contribution in [0.3, 0.4) is 0 Å². The van der Waals surface area contributed by atoms with Gasteiger partial charge >= 0.3 is 11.9 Å². The van der Waals surface area contributed by atoms with Gasteiger partial charge in [-0.3, -0.25) is 4.79 Å². The molecular weight excluding hydrogens is 448 g/mol. The molecule has 0 amide bonds. The minimum atomic E-state index is -0.876. The molecule has 2 saturated carbocycles. The topological polar surface area (TPSA) is 91.3 Å². The molecule has 186 valence electrons. The fourth-order valence-corrected chi connectivity index (χ4v) is 5.70. The summed E-state index contributed by atoms with van der Waals surface area (Å²) in [5, 5.41) is 10.2. The fraction of sp³-hybridized carbons (Fsp3) is 0.500. The minimum absolute atomic E-state index is 0.158. The number of carboxylic acid groups (broad SMARTS) is 1. The number of aliphatic carboxylic acids is 1. The molecule has 1 heterocycles. The van der Waals surface area contributed by atoms with Crippen LogP contribution in [-0.2, 0) is 16.1 Å². The Morgan fingerprint density at radius 3 is 2.34 bits per heavy atom. The molecule has 1 N–H and O–H groups in total. The lowest BCUT2D eigenvalue weighted by Crippen LogP contribution is -2.41. The van der Waals surface area contributed by atoms with Crippen molar-refractivity contribution in [1.29, 1.82) is 0 Å². The van der Waals surface area contributed by atoms with E-state index in [0.717, 1.165) is 42.4 Å². The van der Waals surface area contributed by atoms with Crippen LogP contribution >= 0.6 is 0 Å². The zero-order valence-electron chi connectivity index (χ0n) is 20.3. The molecule has 7 heteroatoms. The van der Waals surface area contributed by atoms with E-state index < -0.39 is 17.5 Å². The SMILES string of the molecule is COc1ccc(-c2ccc3c(c2)COC3=O)c(OC(C2CCCCCC2)C2(C(=O)O)CC2)c1OC. The molecule has 2 aliphatic carbocycles. The molecule has 2 aromatic carbocycles. The van der Waals surface area contributed by atoms with Crippen LogP contribution in [0.1, 0.15) is 67.3 Å². The molecule has 35 heavy (non-hydrogen) atoms. The van der Waals surface area contributed by atoms with Gasteiger partial charge in [-0.25, -0.2) is 4.79 Å². The average molecular weight is 481 g/mol. The van der Waals surface area contributed by atoms with E-state index >= 15 is 0 Å². The third kappa shape index (κ3) is 4.21. The number of benzene rings is 2. The Bertz CT molecular complexity index is 1130. The smallest absolute Gasteiger partial charge is 0.338 e. The van der Waals surface area contributed by atoms with Crippen LogP contribution in [0.5, 0.6) is 17.2 Å². The number of carbonyl (C=O) groups is 2. The first kappa shape index (κ1) is 23.5. The Labute approximate surface area is 205 Å². The first-order chi connectivity index (χ1) is 17.0. The number of rotatable bonds is 8. The predicted molar refractivity (Wildman–Crippen MR) is 129 cm³/mol. The molecule has 1 unspecified atom stereocenters. The lowest BCUT2D eigenvalue weighted by molar-refractivity contribution is -0.149. The van der Waals surface area contributed by atoms with Crippen LogP contribution in [0.2, 0.25) is 0 Å². The monoisotopic (exact) mass is 480 g/mol. The molecule has 0 radical (unpaired) electrons. The lowest BCUT2D eigenvalue weighted by Gasteiger charge is -2.33. The third-order valence-corrected chi connectivity index (χ3v) is 7.83. The Morgan fingerprint density at radius 2 is 1.71 bits per heavy atom. The van der Waals surface area contributed by atoms with Crippen molar-refractivity contribution in [3.63, 3.8) is 0 Å². The van der Waals surface area contributed by atoms with Crippen LogP contribution in [-0.4, -0.2) is 37.4 Å².